The summed E-state index contributed by atoms with van der Waals surface area (Å²) >= 11 is 0. The van der Waals surface area contributed by atoms with Gasteiger partial charge in [0, 0.05) is 24.7 Å². The van der Waals surface area contributed by atoms with E-state index in [4.69, 9.17) is 5.73 Å². The number of anilines is 1. The first-order chi connectivity index (χ1) is 11.6. The van der Waals surface area contributed by atoms with Gasteiger partial charge in [0.25, 0.3) is 11.8 Å². The Bertz CT molecular complexity index is 736. The summed E-state index contributed by atoms with van der Waals surface area (Å²) in [5.41, 5.74) is 7.55. The third-order valence-corrected chi connectivity index (χ3v) is 4.19. The molecular formula is C19H22ClN3O2. The maximum absolute atomic E-state index is 12.8. The van der Waals surface area contributed by atoms with Crippen LogP contribution in [-0.2, 0) is 0 Å². The van der Waals surface area contributed by atoms with E-state index in [0.717, 1.165) is 12.8 Å². The highest BCUT2D eigenvalue weighted by Gasteiger charge is 2.24. The number of para-hydroxylation sites is 1. The van der Waals surface area contributed by atoms with Gasteiger partial charge in [-0.3, -0.25) is 9.59 Å². The van der Waals surface area contributed by atoms with Gasteiger partial charge in [0.1, 0.15) is 0 Å². The highest BCUT2D eigenvalue weighted by atomic mass is 35.5. The normalized spacial score (nSPS) is 16.7. The van der Waals surface area contributed by atoms with E-state index in [1.807, 2.05) is 6.07 Å². The van der Waals surface area contributed by atoms with Crippen LogP contribution in [0.25, 0.3) is 0 Å². The first kappa shape index (κ1) is 19.0. The molecule has 0 radical (unpaired) electrons. The van der Waals surface area contributed by atoms with Crippen molar-refractivity contribution in [2.45, 2.75) is 18.9 Å². The van der Waals surface area contributed by atoms with E-state index < -0.39 is 0 Å². The molecule has 2 aromatic rings. The maximum atomic E-state index is 12.8. The zero-order valence-electron chi connectivity index (χ0n) is 13.9. The van der Waals surface area contributed by atoms with Crippen LogP contribution in [0.5, 0.6) is 0 Å². The molecule has 1 atom stereocenters. The van der Waals surface area contributed by atoms with E-state index in [-0.39, 0.29) is 30.3 Å². The molecule has 1 aliphatic heterocycles. The zero-order valence-corrected chi connectivity index (χ0v) is 14.7. The number of nitrogens with one attached hydrogen (secondary N) is 1. The van der Waals surface area contributed by atoms with Crippen LogP contribution in [0.1, 0.15) is 33.6 Å². The minimum Gasteiger partial charge on any atom is -0.337 e. The van der Waals surface area contributed by atoms with Gasteiger partial charge >= 0.3 is 0 Å². The number of benzene rings is 2. The quantitative estimate of drug-likeness (QED) is 0.884. The topological polar surface area (TPSA) is 75.4 Å². The monoisotopic (exact) mass is 359 g/mol. The second-order valence-corrected chi connectivity index (χ2v) is 6.02. The van der Waals surface area contributed by atoms with E-state index in [1.165, 1.54) is 0 Å². The third kappa shape index (κ3) is 4.59. The van der Waals surface area contributed by atoms with Crippen LogP contribution in [0.3, 0.4) is 0 Å². The fourth-order valence-corrected chi connectivity index (χ4v) is 2.93. The lowest BCUT2D eigenvalue weighted by Gasteiger charge is -2.31. The first-order valence-electron chi connectivity index (χ1n) is 8.15. The Balaban J connectivity index is 0.00000225. The number of rotatable bonds is 3. The second kappa shape index (κ2) is 8.65. The number of hydrogen-bond acceptors (Lipinski definition) is 3. The molecule has 2 aromatic carbocycles. The molecule has 1 saturated heterocycles. The van der Waals surface area contributed by atoms with Crippen LogP contribution in [0, 0.1) is 0 Å². The van der Waals surface area contributed by atoms with Crippen LogP contribution in [0.2, 0.25) is 0 Å². The number of likely N-dealkylation sites (tertiary alicyclic amines) is 1. The number of nitrogens with zero attached hydrogens (tertiary/aromatic N) is 1. The molecule has 25 heavy (non-hydrogen) atoms. The van der Waals surface area contributed by atoms with Gasteiger partial charge in [-0.1, -0.05) is 30.3 Å². The summed E-state index contributed by atoms with van der Waals surface area (Å²) in [6.45, 7) is 1.26. The lowest BCUT2D eigenvalue weighted by Crippen LogP contribution is -2.45. The summed E-state index contributed by atoms with van der Waals surface area (Å²) in [5, 5.41) is 2.84. The Labute approximate surface area is 153 Å². The molecule has 0 aliphatic carbocycles. The standard InChI is InChI=1S/C19H21N3O2.ClH/c20-15-9-6-12-22(13-15)19(24)16-10-4-5-11-17(16)21-18(23)14-7-2-1-3-8-14;/h1-5,7-8,10-11,15H,6,9,12-13,20H2,(H,21,23);1H. The second-order valence-electron chi connectivity index (χ2n) is 6.02. The molecule has 3 N–H and O–H groups in total. The highest BCUT2D eigenvalue weighted by molar-refractivity contribution is 6.09. The maximum Gasteiger partial charge on any atom is 0.256 e. The summed E-state index contributed by atoms with van der Waals surface area (Å²) in [6.07, 6.45) is 1.85. The molecule has 0 bridgehead atoms. The van der Waals surface area contributed by atoms with E-state index in [2.05, 4.69) is 5.32 Å². The van der Waals surface area contributed by atoms with Crippen molar-refractivity contribution < 1.29 is 9.59 Å². The van der Waals surface area contributed by atoms with Gasteiger partial charge in [0.15, 0.2) is 0 Å². The smallest absolute Gasteiger partial charge is 0.256 e. The van der Waals surface area contributed by atoms with Crippen molar-refractivity contribution in [2.24, 2.45) is 5.73 Å². The molecule has 0 aromatic heterocycles. The summed E-state index contributed by atoms with van der Waals surface area (Å²) in [6, 6.07) is 16.1. The Morgan fingerprint density at radius 1 is 1.04 bits per heavy atom. The molecule has 132 valence electrons. The molecular weight excluding hydrogens is 338 g/mol. The average molecular weight is 360 g/mol. The molecule has 1 fully saturated rings. The van der Waals surface area contributed by atoms with Crippen molar-refractivity contribution in [2.75, 3.05) is 18.4 Å². The van der Waals surface area contributed by atoms with Crippen LogP contribution >= 0.6 is 12.4 Å². The number of nitrogens with two attached hydrogens (primary N) is 1. The fraction of sp³-hybridized carbons (Fsp3) is 0.263. The summed E-state index contributed by atoms with van der Waals surface area (Å²) in [7, 11) is 0. The number of halogens is 1. The predicted octanol–water partition coefficient (Wildman–Crippen LogP) is 2.92. The van der Waals surface area contributed by atoms with Crippen LogP contribution < -0.4 is 11.1 Å². The van der Waals surface area contributed by atoms with E-state index >= 15 is 0 Å². The Hall–Kier alpha value is -2.37. The average Bonchev–Trinajstić information content (AvgIpc) is 2.62. The van der Waals surface area contributed by atoms with Crippen LogP contribution in [-0.4, -0.2) is 35.8 Å². The van der Waals surface area contributed by atoms with Gasteiger partial charge in [-0.15, -0.1) is 12.4 Å². The van der Waals surface area contributed by atoms with Crippen molar-refractivity contribution in [1.82, 2.24) is 4.90 Å². The number of hydrogen-bond donors (Lipinski definition) is 2. The Morgan fingerprint density at radius 3 is 2.44 bits per heavy atom. The molecule has 6 heteroatoms. The molecule has 1 aliphatic rings. The van der Waals surface area contributed by atoms with Gasteiger partial charge in [0.2, 0.25) is 0 Å². The number of amides is 2. The minimum atomic E-state index is -0.230. The summed E-state index contributed by atoms with van der Waals surface area (Å²) in [5.74, 6) is -0.319. The van der Waals surface area contributed by atoms with E-state index in [0.29, 0.717) is 29.9 Å². The largest absolute Gasteiger partial charge is 0.337 e. The molecule has 0 saturated carbocycles. The Morgan fingerprint density at radius 2 is 1.72 bits per heavy atom. The molecule has 2 amide bonds. The molecule has 1 heterocycles. The van der Waals surface area contributed by atoms with Crippen molar-refractivity contribution >= 4 is 29.9 Å². The third-order valence-electron chi connectivity index (χ3n) is 4.19. The SMILES string of the molecule is Cl.NC1CCCN(C(=O)c2ccccc2NC(=O)c2ccccc2)C1. The number of carbonyl (C=O) groups is 2. The number of piperidine rings is 1. The van der Waals surface area contributed by atoms with Gasteiger partial charge in [-0.05, 0) is 37.1 Å². The molecule has 1 unspecified atom stereocenters. The van der Waals surface area contributed by atoms with E-state index in [9.17, 15) is 9.59 Å². The highest BCUT2D eigenvalue weighted by Crippen LogP contribution is 2.20. The van der Waals surface area contributed by atoms with Gasteiger partial charge in [-0.25, -0.2) is 0 Å². The fourth-order valence-electron chi connectivity index (χ4n) is 2.93. The van der Waals surface area contributed by atoms with Gasteiger partial charge < -0.3 is 16.0 Å². The molecule has 0 spiro atoms. The van der Waals surface area contributed by atoms with Crippen molar-refractivity contribution in [3.05, 3.63) is 65.7 Å². The van der Waals surface area contributed by atoms with E-state index in [1.54, 1.807) is 53.4 Å². The zero-order chi connectivity index (χ0) is 16.9. The lowest BCUT2D eigenvalue weighted by molar-refractivity contribution is 0.0710. The van der Waals surface area contributed by atoms with Gasteiger partial charge in [0.05, 0.1) is 11.3 Å². The molecule has 3 rings (SSSR count). The van der Waals surface area contributed by atoms with Gasteiger partial charge in [-0.2, -0.15) is 0 Å². The molecule has 5 nitrogen and oxygen atoms in total. The summed E-state index contributed by atoms with van der Waals surface area (Å²) in [4.78, 5) is 26.9. The number of carbonyl (C=O) groups excluding carboxylic acids is 2. The van der Waals surface area contributed by atoms with Crippen molar-refractivity contribution in [3.8, 4) is 0 Å². The predicted molar refractivity (Wildman–Crippen MR) is 101 cm³/mol. The first-order valence-corrected chi connectivity index (χ1v) is 8.15. The lowest BCUT2D eigenvalue weighted by atomic mass is 10.0. The summed E-state index contributed by atoms with van der Waals surface area (Å²) < 4.78 is 0. The van der Waals surface area contributed by atoms with Crippen LogP contribution in [0.15, 0.2) is 54.6 Å². The van der Waals surface area contributed by atoms with Crippen molar-refractivity contribution in [3.63, 3.8) is 0 Å². The minimum absolute atomic E-state index is 0. The Kier molecular flexibility index (Phi) is 6.56. The van der Waals surface area contributed by atoms with Crippen molar-refractivity contribution in [1.29, 1.82) is 0 Å². The van der Waals surface area contributed by atoms with Crippen LogP contribution in [0.4, 0.5) is 5.69 Å².